The molecule has 158 valence electrons. The molecule has 3 aromatic rings. The molecule has 0 aliphatic heterocycles. The van der Waals surface area contributed by atoms with Crippen LogP contribution in [0.4, 0.5) is 0 Å². The van der Waals surface area contributed by atoms with Gasteiger partial charge in [-0.3, -0.25) is 9.79 Å². The largest absolute Gasteiger partial charge is 0.356 e. The normalized spacial score (nSPS) is 11.0. The summed E-state index contributed by atoms with van der Waals surface area (Å²) in [6.07, 6.45) is 0.923. The maximum absolute atomic E-state index is 12.0. The molecule has 5 nitrogen and oxygen atoms in total. The lowest BCUT2D eigenvalue weighted by Gasteiger charge is -2.13. The summed E-state index contributed by atoms with van der Waals surface area (Å²) in [6, 6.07) is 22.6. The third kappa shape index (κ3) is 6.45. The number of fused-ring (bicyclic) bond motifs is 1. The lowest BCUT2D eigenvalue weighted by atomic mass is 10.1. The zero-order chi connectivity index (χ0) is 20.6. The molecule has 0 bridgehead atoms. The third-order valence-electron chi connectivity index (χ3n) is 4.81. The first-order chi connectivity index (χ1) is 14.1. The number of nitrogens with one attached hydrogen (secondary N) is 2. The van der Waals surface area contributed by atoms with Gasteiger partial charge in [0, 0.05) is 39.8 Å². The fraction of sp³-hybridized carbons (Fsp3) is 0.250. The number of carbonyl (C=O) groups is 1. The molecule has 0 unspecified atom stereocenters. The van der Waals surface area contributed by atoms with Crippen LogP contribution < -0.4 is 10.6 Å². The van der Waals surface area contributed by atoms with Gasteiger partial charge in [0.15, 0.2) is 5.96 Å². The second kappa shape index (κ2) is 11.5. The van der Waals surface area contributed by atoms with Crippen LogP contribution in [0.2, 0.25) is 0 Å². The van der Waals surface area contributed by atoms with Crippen molar-refractivity contribution in [1.82, 2.24) is 15.5 Å². The van der Waals surface area contributed by atoms with Crippen molar-refractivity contribution in [2.24, 2.45) is 4.99 Å². The highest BCUT2D eigenvalue weighted by molar-refractivity contribution is 14.0. The third-order valence-corrected chi connectivity index (χ3v) is 4.81. The summed E-state index contributed by atoms with van der Waals surface area (Å²) in [5.41, 5.74) is 3.09. The summed E-state index contributed by atoms with van der Waals surface area (Å²) >= 11 is 0. The first-order valence-electron chi connectivity index (χ1n) is 9.79. The molecule has 0 heterocycles. The topological polar surface area (TPSA) is 56.7 Å². The number of aliphatic imine (C=N–C) groups is 1. The first-order valence-corrected chi connectivity index (χ1v) is 9.79. The molecule has 0 spiro atoms. The number of hydrogen-bond donors (Lipinski definition) is 2. The van der Waals surface area contributed by atoms with Crippen LogP contribution >= 0.6 is 24.0 Å². The van der Waals surface area contributed by atoms with Gasteiger partial charge in [0.2, 0.25) is 0 Å². The summed E-state index contributed by atoms with van der Waals surface area (Å²) in [5.74, 6) is 0.773. The number of carbonyl (C=O) groups excluding carboxylic acids is 1. The van der Waals surface area contributed by atoms with Gasteiger partial charge >= 0.3 is 0 Å². The van der Waals surface area contributed by atoms with Crippen LogP contribution in [-0.2, 0) is 13.0 Å². The maximum Gasteiger partial charge on any atom is 0.253 e. The highest BCUT2D eigenvalue weighted by Gasteiger charge is 2.07. The van der Waals surface area contributed by atoms with Gasteiger partial charge in [0.25, 0.3) is 5.91 Å². The minimum absolute atomic E-state index is 0. The smallest absolute Gasteiger partial charge is 0.253 e. The monoisotopic (exact) mass is 516 g/mol. The van der Waals surface area contributed by atoms with Gasteiger partial charge in [0.05, 0.1) is 0 Å². The van der Waals surface area contributed by atoms with E-state index in [-0.39, 0.29) is 29.9 Å². The van der Waals surface area contributed by atoms with Crippen molar-refractivity contribution in [2.45, 2.75) is 13.0 Å². The molecule has 0 saturated carbocycles. The van der Waals surface area contributed by atoms with E-state index in [1.807, 2.05) is 24.3 Å². The second-order valence-corrected chi connectivity index (χ2v) is 7.18. The van der Waals surface area contributed by atoms with Crippen molar-refractivity contribution in [2.75, 3.05) is 27.7 Å². The van der Waals surface area contributed by atoms with E-state index in [0.29, 0.717) is 12.1 Å². The molecule has 0 fully saturated rings. The molecule has 0 aromatic heterocycles. The van der Waals surface area contributed by atoms with Gasteiger partial charge < -0.3 is 15.5 Å². The maximum atomic E-state index is 12.0. The van der Waals surface area contributed by atoms with Crippen molar-refractivity contribution in [3.05, 3.63) is 83.4 Å². The molecule has 0 radical (unpaired) electrons. The standard InChI is InChI=1S/C24H28N4O.HI/c1-25-24(27-17-19-9-12-21(13-10-19)23(29)28(2)3)26-15-14-18-8-11-20-6-4-5-7-22(20)16-18;/h4-13,16H,14-15,17H2,1-3H3,(H2,25,26,27);1H. The molecule has 1 amide bonds. The molecule has 0 atom stereocenters. The molecule has 6 heteroatoms. The quantitative estimate of drug-likeness (QED) is 0.295. The highest BCUT2D eigenvalue weighted by Crippen LogP contribution is 2.15. The lowest BCUT2D eigenvalue weighted by Crippen LogP contribution is -2.37. The van der Waals surface area contributed by atoms with E-state index in [4.69, 9.17) is 0 Å². The molecule has 3 aromatic carbocycles. The summed E-state index contributed by atoms with van der Waals surface area (Å²) in [4.78, 5) is 17.8. The number of nitrogens with zero attached hydrogens (tertiary/aromatic N) is 2. The van der Waals surface area contributed by atoms with Crippen molar-refractivity contribution in [1.29, 1.82) is 0 Å². The second-order valence-electron chi connectivity index (χ2n) is 7.18. The van der Waals surface area contributed by atoms with Crippen LogP contribution in [0, 0.1) is 0 Å². The minimum Gasteiger partial charge on any atom is -0.356 e. The van der Waals surface area contributed by atoms with E-state index in [1.54, 1.807) is 26.0 Å². The number of amides is 1. The zero-order valence-corrected chi connectivity index (χ0v) is 20.0. The van der Waals surface area contributed by atoms with Crippen LogP contribution in [0.3, 0.4) is 0 Å². The molecular weight excluding hydrogens is 487 g/mol. The van der Waals surface area contributed by atoms with E-state index in [2.05, 4.69) is 58.1 Å². The van der Waals surface area contributed by atoms with Crippen LogP contribution in [0.1, 0.15) is 21.5 Å². The van der Waals surface area contributed by atoms with E-state index in [0.717, 1.165) is 24.5 Å². The summed E-state index contributed by atoms with van der Waals surface area (Å²) in [7, 11) is 5.28. The van der Waals surface area contributed by atoms with E-state index in [1.165, 1.54) is 16.3 Å². The average molecular weight is 516 g/mol. The van der Waals surface area contributed by atoms with Gasteiger partial charge in [-0.05, 0) is 40.5 Å². The Morgan fingerprint density at radius 1 is 0.900 bits per heavy atom. The van der Waals surface area contributed by atoms with Crippen molar-refractivity contribution in [3.63, 3.8) is 0 Å². The molecule has 30 heavy (non-hydrogen) atoms. The summed E-state index contributed by atoms with van der Waals surface area (Å²) in [6.45, 7) is 1.44. The van der Waals surface area contributed by atoms with Gasteiger partial charge in [-0.15, -0.1) is 24.0 Å². The SMILES string of the molecule is CN=C(NCCc1ccc2ccccc2c1)NCc1ccc(C(=O)N(C)C)cc1.I. The fourth-order valence-corrected chi connectivity index (χ4v) is 3.15. The van der Waals surface area contributed by atoms with Crippen LogP contribution in [0.25, 0.3) is 10.8 Å². The Kier molecular flexibility index (Phi) is 9.11. The minimum atomic E-state index is 0. The van der Waals surface area contributed by atoms with E-state index < -0.39 is 0 Å². The van der Waals surface area contributed by atoms with Crippen LogP contribution in [0.5, 0.6) is 0 Å². The number of benzene rings is 3. The van der Waals surface area contributed by atoms with Gasteiger partial charge in [-0.2, -0.15) is 0 Å². The first kappa shape index (κ1) is 23.7. The van der Waals surface area contributed by atoms with Crippen LogP contribution in [-0.4, -0.2) is 44.5 Å². The lowest BCUT2D eigenvalue weighted by molar-refractivity contribution is 0.0827. The van der Waals surface area contributed by atoms with Crippen LogP contribution in [0.15, 0.2) is 71.7 Å². The van der Waals surface area contributed by atoms with Crippen molar-refractivity contribution in [3.8, 4) is 0 Å². The fourth-order valence-electron chi connectivity index (χ4n) is 3.15. The Balaban J connectivity index is 0.00000320. The Morgan fingerprint density at radius 2 is 1.57 bits per heavy atom. The summed E-state index contributed by atoms with van der Waals surface area (Å²) < 4.78 is 0. The van der Waals surface area contributed by atoms with Gasteiger partial charge in [-0.25, -0.2) is 0 Å². The Hall–Kier alpha value is -2.61. The zero-order valence-electron chi connectivity index (χ0n) is 17.7. The number of halogens is 1. The molecule has 3 rings (SSSR count). The Labute approximate surface area is 195 Å². The van der Waals surface area contributed by atoms with Gasteiger partial charge in [-0.1, -0.05) is 54.6 Å². The van der Waals surface area contributed by atoms with E-state index in [9.17, 15) is 4.79 Å². The van der Waals surface area contributed by atoms with Gasteiger partial charge in [0.1, 0.15) is 0 Å². The summed E-state index contributed by atoms with van der Waals surface area (Å²) in [5, 5.41) is 9.21. The van der Waals surface area contributed by atoms with E-state index >= 15 is 0 Å². The molecular formula is C24H29IN4O. The Morgan fingerprint density at radius 3 is 2.23 bits per heavy atom. The molecule has 2 N–H and O–H groups in total. The number of guanidine groups is 1. The predicted molar refractivity (Wildman–Crippen MR) is 136 cm³/mol. The highest BCUT2D eigenvalue weighted by atomic mass is 127. The average Bonchev–Trinajstić information content (AvgIpc) is 2.75. The van der Waals surface area contributed by atoms with Crippen molar-refractivity contribution < 1.29 is 4.79 Å². The number of rotatable bonds is 6. The molecule has 0 aliphatic carbocycles. The molecule has 0 saturated heterocycles. The Bertz CT molecular complexity index is 1000. The molecule has 0 aliphatic rings. The number of hydrogen-bond acceptors (Lipinski definition) is 2. The predicted octanol–water partition coefficient (Wildman–Crippen LogP) is 4.07. The van der Waals surface area contributed by atoms with Crippen molar-refractivity contribution >= 4 is 46.6 Å².